The van der Waals surface area contributed by atoms with E-state index < -0.39 is 48.7 Å². The van der Waals surface area contributed by atoms with Crippen LogP contribution in [0.25, 0.3) is 0 Å². The minimum Gasteiger partial charge on any atom is -0.548 e. The van der Waals surface area contributed by atoms with E-state index in [2.05, 4.69) is 10.6 Å². The van der Waals surface area contributed by atoms with Gasteiger partial charge in [-0.15, -0.1) is 0 Å². The molecule has 1 heterocycles. The Morgan fingerprint density at radius 1 is 1.06 bits per heavy atom. The molecule has 2 aromatic carbocycles. The van der Waals surface area contributed by atoms with Gasteiger partial charge in [0.1, 0.15) is 6.54 Å². The number of nitrogens with zero attached hydrogens (tertiary/aromatic N) is 3. The van der Waals surface area contributed by atoms with Gasteiger partial charge in [0.05, 0.1) is 23.7 Å². The fourth-order valence-electron chi connectivity index (χ4n) is 4.05. The Kier molecular flexibility index (Phi) is 7.30. The van der Waals surface area contributed by atoms with Gasteiger partial charge in [0.25, 0.3) is 0 Å². The van der Waals surface area contributed by atoms with Crippen molar-refractivity contribution >= 4 is 35.3 Å². The molecular formula is C24H28N5O6-. The second-order valence-corrected chi connectivity index (χ2v) is 8.79. The van der Waals surface area contributed by atoms with Crippen molar-refractivity contribution < 1.29 is 29.5 Å². The van der Waals surface area contributed by atoms with Crippen LogP contribution in [0.2, 0.25) is 0 Å². The SMILES string of the molecule is Cc1ccccc1NC(=O)N(O)[C@@H]1N(c2ccccc2C)C(=O)N(CC(=O)NCC(=O)[O-])C1(C)C. The first-order valence-electron chi connectivity index (χ1n) is 10.9. The number of aryl methyl sites for hydroxylation is 2. The average molecular weight is 483 g/mol. The van der Waals surface area contributed by atoms with Crippen LogP contribution in [0.3, 0.4) is 0 Å². The molecular weight excluding hydrogens is 454 g/mol. The molecule has 11 nitrogen and oxygen atoms in total. The number of hydrogen-bond donors (Lipinski definition) is 3. The summed E-state index contributed by atoms with van der Waals surface area (Å²) >= 11 is 0. The third-order valence-corrected chi connectivity index (χ3v) is 5.94. The normalized spacial score (nSPS) is 16.7. The number of carbonyl (C=O) groups is 4. The highest BCUT2D eigenvalue weighted by atomic mass is 16.5. The lowest BCUT2D eigenvalue weighted by Gasteiger charge is -2.38. The van der Waals surface area contributed by atoms with Crippen molar-refractivity contribution in [1.29, 1.82) is 0 Å². The van der Waals surface area contributed by atoms with Crippen LogP contribution >= 0.6 is 0 Å². The molecule has 3 rings (SSSR count). The van der Waals surface area contributed by atoms with Crippen molar-refractivity contribution in [3.05, 3.63) is 59.7 Å². The van der Waals surface area contributed by atoms with Crippen LogP contribution in [-0.2, 0) is 9.59 Å². The van der Waals surface area contributed by atoms with E-state index in [1.165, 1.54) is 9.80 Å². The van der Waals surface area contributed by atoms with E-state index in [4.69, 9.17) is 0 Å². The molecule has 0 saturated carbocycles. The van der Waals surface area contributed by atoms with Gasteiger partial charge < -0.3 is 25.4 Å². The van der Waals surface area contributed by atoms with Crippen LogP contribution in [-0.4, -0.2) is 63.9 Å². The van der Waals surface area contributed by atoms with Crippen molar-refractivity contribution in [2.75, 3.05) is 23.3 Å². The quantitative estimate of drug-likeness (QED) is 0.402. The van der Waals surface area contributed by atoms with E-state index >= 15 is 0 Å². The first-order chi connectivity index (χ1) is 16.4. The second kappa shape index (κ2) is 10.0. The molecule has 0 bridgehead atoms. The molecule has 3 N–H and O–H groups in total. The molecule has 1 aliphatic rings. The lowest BCUT2D eigenvalue weighted by Crippen LogP contribution is -2.58. The van der Waals surface area contributed by atoms with Gasteiger partial charge in [-0.1, -0.05) is 36.4 Å². The molecule has 0 radical (unpaired) electrons. The fraction of sp³-hybridized carbons (Fsp3) is 0.333. The molecule has 1 saturated heterocycles. The average Bonchev–Trinajstić information content (AvgIpc) is 2.99. The zero-order chi connectivity index (χ0) is 25.9. The Bertz CT molecular complexity index is 1150. The van der Waals surface area contributed by atoms with E-state index in [0.717, 1.165) is 5.56 Å². The number of aliphatic carboxylic acids is 1. The van der Waals surface area contributed by atoms with E-state index in [-0.39, 0.29) is 0 Å². The van der Waals surface area contributed by atoms with Gasteiger partial charge in [0, 0.05) is 5.69 Å². The largest absolute Gasteiger partial charge is 0.548 e. The number of para-hydroxylation sites is 2. The molecule has 5 amide bonds. The number of rotatable bonds is 7. The predicted octanol–water partition coefficient (Wildman–Crippen LogP) is 1.44. The van der Waals surface area contributed by atoms with Gasteiger partial charge in [-0.05, 0) is 51.0 Å². The summed E-state index contributed by atoms with van der Waals surface area (Å²) in [7, 11) is 0. The zero-order valence-corrected chi connectivity index (χ0v) is 19.9. The number of anilines is 2. The highest BCUT2D eigenvalue weighted by molar-refractivity contribution is 6.00. The van der Waals surface area contributed by atoms with Crippen molar-refractivity contribution in [3.63, 3.8) is 0 Å². The van der Waals surface area contributed by atoms with Crippen LogP contribution < -0.4 is 20.6 Å². The number of nitrogens with one attached hydrogen (secondary N) is 2. The Morgan fingerprint density at radius 2 is 1.66 bits per heavy atom. The summed E-state index contributed by atoms with van der Waals surface area (Å²) in [5, 5.41) is 27.0. The number of hydrogen-bond acceptors (Lipinski definition) is 6. The van der Waals surface area contributed by atoms with Gasteiger partial charge in [-0.2, -0.15) is 5.06 Å². The number of carboxylic acid groups (broad SMARTS) is 1. The monoisotopic (exact) mass is 482 g/mol. The Labute approximate surface area is 202 Å². The highest BCUT2D eigenvalue weighted by Gasteiger charge is 2.56. The van der Waals surface area contributed by atoms with E-state index in [0.29, 0.717) is 22.0 Å². The number of amides is 5. The molecule has 11 heteroatoms. The summed E-state index contributed by atoms with van der Waals surface area (Å²) in [6.07, 6.45) is -1.23. The fourth-order valence-corrected chi connectivity index (χ4v) is 4.05. The maximum absolute atomic E-state index is 13.6. The van der Waals surface area contributed by atoms with Crippen LogP contribution in [0.1, 0.15) is 25.0 Å². The molecule has 2 aromatic rings. The zero-order valence-electron chi connectivity index (χ0n) is 19.9. The molecule has 0 unspecified atom stereocenters. The van der Waals surface area contributed by atoms with Crippen molar-refractivity contribution in [2.24, 2.45) is 0 Å². The van der Waals surface area contributed by atoms with Gasteiger partial charge >= 0.3 is 12.1 Å². The molecule has 1 fully saturated rings. The lowest BCUT2D eigenvalue weighted by atomic mass is 9.99. The van der Waals surface area contributed by atoms with Crippen LogP contribution in [0.4, 0.5) is 21.0 Å². The third kappa shape index (κ3) is 5.19. The van der Waals surface area contributed by atoms with Gasteiger partial charge in [0.15, 0.2) is 6.17 Å². The summed E-state index contributed by atoms with van der Waals surface area (Å²) in [5.41, 5.74) is 1.14. The van der Waals surface area contributed by atoms with Gasteiger partial charge in [-0.3, -0.25) is 14.9 Å². The first-order valence-corrected chi connectivity index (χ1v) is 10.9. The van der Waals surface area contributed by atoms with Crippen molar-refractivity contribution in [3.8, 4) is 0 Å². The topological polar surface area (TPSA) is 145 Å². The highest BCUT2D eigenvalue weighted by Crippen LogP contribution is 2.39. The molecule has 0 spiro atoms. The van der Waals surface area contributed by atoms with Gasteiger partial charge in [0.2, 0.25) is 5.91 Å². The Morgan fingerprint density at radius 3 is 2.26 bits per heavy atom. The number of carbonyl (C=O) groups excluding carboxylic acids is 4. The number of hydroxylamine groups is 2. The van der Waals surface area contributed by atoms with Crippen LogP contribution in [0.15, 0.2) is 48.5 Å². The van der Waals surface area contributed by atoms with Crippen LogP contribution in [0.5, 0.6) is 0 Å². The first kappa shape index (κ1) is 25.5. The molecule has 0 aliphatic carbocycles. The van der Waals surface area contributed by atoms with Crippen molar-refractivity contribution in [2.45, 2.75) is 39.4 Å². The van der Waals surface area contributed by atoms with Gasteiger partial charge in [-0.25, -0.2) is 9.59 Å². The summed E-state index contributed by atoms with van der Waals surface area (Å²) in [5.74, 6) is -2.20. The van der Waals surface area contributed by atoms with E-state index in [1.807, 2.05) is 6.07 Å². The molecule has 35 heavy (non-hydrogen) atoms. The lowest BCUT2D eigenvalue weighted by molar-refractivity contribution is -0.304. The maximum Gasteiger partial charge on any atom is 0.347 e. The Hall–Kier alpha value is -4.12. The number of carboxylic acids is 1. The molecule has 1 atom stereocenters. The molecule has 1 aliphatic heterocycles. The summed E-state index contributed by atoms with van der Waals surface area (Å²) in [6, 6.07) is 12.5. The van der Waals surface area contributed by atoms with Crippen LogP contribution in [0, 0.1) is 13.8 Å². The number of urea groups is 2. The minimum absolute atomic E-state index is 0.440. The molecule has 186 valence electrons. The van der Waals surface area contributed by atoms with Crippen molar-refractivity contribution in [1.82, 2.24) is 15.3 Å². The minimum atomic E-state index is -1.47. The van der Waals surface area contributed by atoms with E-state index in [9.17, 15) is 29.5 Å². The maximum atomic E-state index is 13.6. The predicted molar refractivity (Wildman–Crippen MR) is 125 cm³/mol. The smallest absolute Gasteiger partial charge is 0.347 e. The standard InChI is InChI=1S/C24H29N5O6/c1-15-9-5-7-11-17(15)26-22(33)29(35)21-24(3,4)27(14-19(30)25-13-20(31)32)23(34)28(21)18-12-8-6-10-16(18)2/h5-12,21,35H,13-14H2,1-4H3,(H,25,30)(H,26,33)(H,31,32)/p-1/t21-/m0/s1. The third-order valence-electron chi connectivity index (χ3n) is 5.94. The summed E-state index contributed by atoms with van der Waals surface area (Å²) in [6.45, 7) is 5.57. The number of benzene rings is 2. The molecule has 0 aromatic heterocycles. The second-order valence-electron chi connectivity index (χ2n) is 8.79. The summed E-state index contributed by atoms with van der Waals surface area (Å²) in [4.78, 5) is 52.1. The van der Waals surface area contributed by atoms with E-state index in [1.54, 1.807) is 70.2 Å². The Balaban J connectivity index is 1.98. The summed E-state index contributed by atoms with van der Waals surface area (Å²) < 4.78 is 0.